The van der Waals surface area contributed by atoms with Gasteiger partial charge in [0.25, 0.3) is 0 Å². The largest absolute Gasteiger partial charge is 0.463 e. The third kappa shape index (κ3) is 16.5. The summed E-state index contributed by atoms with van der Waals surface area (Å²) in [5.74, 6) is -1.12. The Morgan fingerprint density at radius 2 is 1.04 bits per heavy atom. The zero-order valence-electron chi connectivity index (χ0n) is 14.2. The number of carbonyl (C=O) groups excluding carboxylic acids is 2. The molecule has 0 aromatic rings. The minimum absolute atomic E-state index is 0.292. The van der Waals surface area contributed by atoms with Gasteiger partial charge in [-0.1, -0.05) is 12.2 Å². The summed E-state index contributed by atoms with van der Waals surface area (Å²) in [6, 6.07) is 0. The lowest BCUT2D eigenvalue weighted by Crippen LogP contribution is -2.07. The summed E-state index contributed by atoms with van der Waals surface area (Å²) in [5, 5.41) is 0. The molecule has 0 amide bonds. The molecule has 0 fully saturated rings. The number of hydrogen-bond acceptors (Lipinski definition) is 6. The van der Waals surface area contributed by atoms with Gasteiger partial charge in [0.05, 0.1) is 26.4 Å². The van der Waals surface area contributed by atoms with Gasteiger partial charge in [-0.15, -0.1) is 13.2 Å². The highest BCUT2D eigenvalue weighted by Gasteiger charge is 2.01. The fraction of sp³-hybridized carbons (Fsp3) is 0.556. The Morgan fingerprint density at radius 1 is 0.667 bits per heavy atom. The smallest absolute Gasteiger partial charge is 0.331 e. The van der Waals surface area contributed by atoms with Crippen LogP contribution in [-0.2, 0) is 28.5 Å². The van der Waals surface area contributed by atoms with E-state index >= 15 is 0 Å². The molecule has 0 radical (unpaired) electrons. The van der Waals surface area contributed by atoms with Crippen LogP contribution in [0.3, 0.4) is 0 Å². The lowest BCUT2D eigenvalue weighted by atomic mass is 10.3. The number of esters is 2. The fourth-order valence-electron chi connectivity index (χ4n) is 1.52. The molecule has 0 spiro atoms. The van der Waals surface area contributed by atoms with Gasteiger partial charge in [-0.3, -0.25) is 0 Å². The molecule has 136 valence electrons. The van der Waals surface area contributed by atoms with Gasteiger partial charge < -0.3 is 18.9 Å². The zero-order chi connectivity index (χ0) is 17.9. The molecule has 0 heterocycles. The number of unbranched alkanes of at least 4 members (excludes halogenated alkanes) is 2. The van der Waals surface area contributed by atoms with Crippen molar-refractivity contribution in [1.82, 2.24) is 0 Å². The molecule has 0 saturated carbocycles. The first-order chi connectivity index (χ1) is 11.7. The second-order valence-electron chi connectivity index (χ2n) is 4.81. The Labute approximate surface area is 144 Å². The van der Waals surface area contributed by atoms with Crippen LogP contribution >= 0.6 is 0 Å². The maximum atomic E-state index is 11.4. The maximum Gasteiger partial charge on any atom is 0.331 e. The molecular formula is C18H28O6. The first kappa shape index (κ1) is 22.1. The van der Waals surface area contributed by atoms with Crippen LogP contribution in [0.5, 0.6) is 0 Å². The summed E-state index contributed by atoms with van der Waals surface area (Å²) in [6.07, 6.45) is 8.51. The van der Waals surface area contributed by atoms with Crippen molar-refractivity contribution in [3.05, 3.63) is 37.5 Å². The number of hydrogen-bond donors (Lipinski definition) is 0. The average molecular weight is 340 g/mol. The molecule has 0 aliphatic rings. The molecule has 0 aliphatic carbocycles. The summed E-state index contributed by atoms with van der Waals surface area (Å²) in [6.45, 7) is 9.91. The minimum atomic E-state index is -0.559. The molecule has 0 atom stereocenters. The van der Waals surface area contributed by atoms with E-state index in [4.69, 9.17) is 18.9 Å². The van der Waals surface area contributed by atoms with Gasteiger partial charge in [0.1, 0.15) is 0 Å². The van der Waals surface area contributed by atoms with Crippen molar-refractivity contribution in [2.24, 2.45) is 0 Å². The third-order valence-corrected chi connectivity index (χ3v) is 2.68. The summed E-state index contributed by atoms with van der Waals surface area (Å²) in [5.41, 5.74) is 0. The summed E-state index contributed by atoms with van der Waals surface area (Å²) < 4.78 is 20.3. The van der Waals surface area contributed by atoms with E-state index in [1.54, 1.807) is 12.2 Å². The molecule has 0 aromatic carbocycles. The topological polar surface area (TPSA) is 71.1 Å². The first-order valence-corrected chi connectivity index (χ1v) is 8.09. The normalized spacial score (nSPS) is 10.5. The van der Waals surface area contributed by atoms with E-state index in [1.165, 1.54) is 0 Å². The molecule has 0 saturated heterocycles. The van der Waals surface area contributed by atoms with Crippen LogP contribution in [0.15, 0.2) is 37.5 Å². The van der Waals surface area contributed by atoms with Crippen molar-refractivity contribution in [2.75, 3.05) is 39.6 Å². The quantitative estimate of drug-likeness (QED) is 0.186. The Bertz CT molecular complexity index is 353. The van der Waals surface area contributed by atoms with Crippen molar-refractivity contribution < 1.29 is 28.5 Å². The van der Waals surface area contributed by atoms with Crippen molar-refractivity contribution in [3.8, 4) is 0 Å². The van der Waals surface area contributed by atoms with Gasteiger partial charge in [-0.05, 0) is 25.7 Å². The van der Waals surface area contributed by atoms with Crippen LogP contribution in [-0.4, -0.2) is 51.6 Å². The predicted octanol–water partition coefficient (Wildman–Crippen LogP) is 2.59. The van der Waals surface area contributed by atoms with Crippen LogP contribution < -0.4 is 0 Å². The van der Waals surface area contributed by atoms with Crippen molar-refractivity contribution in [1.29, 1.82) is 0 Å². The average Bonchev–Trinajstić information content (AvgIpc) is 2.58. The highest BCUT2D eigenvalue weighted by atomic mass is 16.5. The van der Waals surface area contributed by atoms with Crippen LogP contribution in [0.4, 0.5) is 0 Å². The van der Waals surface area contributed by atoms with Gasteiger partial charge in [0.2, 0.25) is 0 Å². The van der Waals surface area contributed by atoms with Crippen LogP contribution in [0.1, 0.15) is 25.7 Å². The highest BCUT2D eigenvalue weighted by Crippen LogP contribution is 1.95. The van der Waals surface area contributed by atoms with E-state index in [0.717, 1.165) is 25.0 Å². The predicted molar refractivity (Wildman–Crippen MR) is 91.6 cm³/mol. The number of carbonyl (C=O) groups is 2. The highest BCUT2D eigenvalue weighted by molar-refractivity contribution is 5.91. The van der Waals surface area contributed by atoms with Gasteiger partial charge in [-0.25, -0.2) is 9.59 Å². The van der Waals surface area contributed by atoms with E-state index in [1.807, 2.05) is 0 Å². The van der Waals surface area contributed by atoms with E-state index in [2.05, 4.69) is 13.2 Å². The molecule has 24 heavy (non-hydrogen) atoms. The molecule has 0 aromatic heterocycles. The van der Waals surface area contributed by atoms with E-state index in [-0.39, 0.29) is 0 Å². The van der Waals surface area contributed by atoms with Crippen LogP contribution in [0, 0.1) is 0 Å². The Kier molecular flexibility index (Phi) is 16.0. The molecule has 6 heteroatoms. The lowest BCUT2D eigenvalue weighted by molar-refractivity contribution is -0.140. The second kappa shape index (κ2) is 17.4. The van der Waals surface area contributed by atoms with Gasteiger partial charge >= 0.3 is 11.9 Å². The fourth-order valence-corrected chi connectivity index (χ4v) is 1.52. The summed E-state index contributed by atoms with van der Waals surface area (Å²) in [7, 11) is 0. The molecule has 0 N–H and O–H groups in total. The van der Waals surface area contributed by atoms with E-state index in [0.29, 0.717) is 52.5 Å². The van der Waals surface area contributed by atoms with Gasteiger partial charge in [-0.2, -0.15) is 0 Å². The zero-order valence-corrected chi connectivity index (χ0v) is 14.2. The number of ether oxygens (including phenoxy) is 4. The second-order valence-corrected chi connectivity index (χ2v) is 4.81. The van der Waals surface area contributed by atoms with Crippen molar-refractivity contribution in [3.63, 3.8) is 0 Å². The lowest BCUT2D eigenvalue weighted by Gasteiger charge is -2.03. The van der Waals surface area contributed by atoms with Crippen LogP contribution in [0.25, 0.3) is 0 Å². The SMILES string of the molecule is C=CCOCCCCOC(=O)/C=C\C(=O)OCCCCOCC=C. The molecule has 0 aliphatic heterocycles. The van der Waals surface area contributed by atoms with E-state index in [9.17, 15) is 9.59 Å². The Balaban J connectivity index is 3.51. The molecule has 0 bridgehead atoms. The van der Waals surface area contributed by atoms with Crippen LogP contribution in [0.2, 0.25) is 0 Å². The van der Waals surface area contributed by atoms with Crippen molar-refractivity contribution in [2.45, 2.75) is 25.7 Å². The monoisotopic (exact) mass is 340 g/mol. The third-order valence-electron chi connectivity index (χ3n) is 2.68. The summed E-state index contributed by atoms with van der Waals surface area (Å²) in [4.78, 5) is 22.7. The summed E-state index contributed by atoms with van der Waals surface area (Å²) >= 11 is 0. The molecule has 0 unspecified atom stereocenters. The van der Waals surface area contributed by atoms with Gasteiger partial charge in [0.15, 0.2) is 0 Å². The Hall–Kier alpha value is -1.92. The van der Waals surface area contributed by atoms with Crippen molar-refractivity contribution >= 4 is 11.9 Å². The number of rotatable bonds is 16. The molecule has 0 rings (SSSR count). The molecule has 6 nitrogen and oxygen atoms in total. The van der Waals surface area contributed by atoms with Gasteiger partial charge in [0, 0.05) is 25.4 Å². The maximum absolute atomic E-state index is 11.4. The standard InChI is InChI=1S/C18H28O6/c1-3-11-21-13-5-7-15-23-17(19)9-10-18(20)24-16-8-6-14-22-12-4-2/h3-4,9-10H,1-2,5-8,11-16H2/b10-9-. The molecular weight excluding hydrogens is 312 g/mol. The first-order valence-electron chi connectivity index (χ1n) is 8.09. The Morgan fingerprint density at radius 3 is 1.42 bits per heavy atom. The minimum Gasteiger partial charge on any atom is -0.463 e. The van der Waals surface area contributed by atoms with E-state index < -0.39 is 11.9 Å².